The smallest absolute Gasteiger partial charge is 0.143 e. The van der Waals surface area contributed by atoms with Gasteiger partial charge < -0.3 is 8.83 Å². The molecule has 12 aromatic rings. The lowest BCUT2D eigenvalue weighted by atomic mass is 9.83. The highest BCUT2D eigenvalue weighted by atomic mass is 16.3. The van der Waals surface area contributed by atoms with Crippen molar-refractivity contribution in [3.63, 3.8) is 0 Å². The van der Waals surface area contributed by atoms with E-state index < -0.39 is 0 Å². The van der Waals surface area contributed by atoms with Crippen LogP contribution in [0.25, 0.3) is 120 Å². The molecule has 0 aliphatic rings. The van der Waals surface area contributed by atoms with Gasteiger partial charge in [-0.1, -0.05) is 152 Å². The van der Waals surface area contributed by atoms with Crippen LogP contribution in [0.1, 0.15) is 0 Å². The van der Waals surface area contributed by atoms with Crippen LogP contribution in [0, 0.1) is 0 Å². The van der Waals surface area contributed by atoms with Crippen LogP contribution in [0.5, 0.6) is 0 Å². The maximum absolute atomic E-state index is 6.63. The molecule has 0 atom stereocenters. The summed E-state index contributed by atoms with van der Waals surface area (Å²) in [6.07, 6.45) is 0. The summed E-state index contributed by atoms with van der Waals surface area (Å²) >= 11 is 0. The van der Waals surface area contributed by atoms with Gasteiger partial charge in [-0.15, -0.1) is 0 Å². The first-order valence-corrected chi connectivity index (χ1v) is 17.8. The molecule has 2 heterocycles. The van der Waals surface area contributed by atoms with Crippen LogP contribution >= 0.6 is 0 Å². The molecule has 12 rings (SSSR count). The van der Waals surface area contributed by atoms with Gasteiger partial charge in [0.1, 0.15) is 22.3 Å². The summed E-state index contributed by atoms with van der Waals surface area (Å²) in [5.74, 6) is 0. The maximum atomic E-state index is 6.63. The largest absolute Gasteiger partial charge is 0.455 e. The van der Waals surface area contributed by atoms with Crippen molar-refractivity contribution in [2.45, 2.75) is 0 Å². The predicted octanol–water partition coefficient (Wildman–Crippen LogP) is 14.5. The molecule has 0 aliphatic carbocycles. The second kappa shape index (κ2) is 10.3. The first-order valence-electron chi connectivity index (χ1n) is 17.8. The molecule has 0 unspecified atom stereocenters. The van der Waals surface area contributed by atoms with Crippen molar-refractivity contribution in [1.29, 1.82) is 0 Å². The molecule has 2 nitrogen and oxygen atoms in total. The molecule has 0 fully saturated rings. The third-order valence-corrected chi connectivity index (χ3v) is 11.2. The Kier molecular flexibility index (Phi) is 5.53. The van der Waals surface area contributed by atoms with E-state index in [0.717, 1.165) is 55.0 Å². The third kappa shape index (κ3) is 3.73. The van der Waals surface area contributed by atoms with Crippen LogP contribution in [0.15, 0.2) is 179 Å². The van der Waals surface area contributed by atoms with E-state index in [1.165, 1.54) is 65.3 Å². The second-order valence-electron chi connectivity index (χ2n) is 13.9. The van der Waals surface area contributed by atoms with E-state index in [9.17, 15) is 0 Å². The van der Waals surface area contributed by atoms with Gasteiger partial charge in [0.2, 0.25) is 0 Å². The fraction of sp³-hybridized carbons (Fsp3) is 0. The Hall–Kier alpha value is -6.90. The van der Waals surface area contributed by atoms with E-state index in [0.29, 0.717) is 0 Å². The van der Waals surface area contributed by atoms with Gasteiger partial charge in [-0.3, -0.25) is 0 Å². The fourth-order valence-electron chi connectivity index (χ4n) is 8.97. The van der Waals surface area contributed by atoms with Crippen molar-refractivity contribution in [1.82, 2.24) is 0 Å². The minimum Gasteiger partial charge on any atom is -0.455 e. The SMILES string of the molecule is c1ccc2c(-c3ccc4c(-c5cccc6c5oc5ccccc56)cc5ccc(-c6cccc7c6oc6ccccc67)c6ccc3c4c56)cccc2c1. The molecule has 0 radical (unpaired) electrons. The Morgan fingerprint density at radius 3 is 1.44 bits per heavy atom. The van der Waals surface area contributed by atoms with Crippen molar-refractivity contribution < 1.29 is 8.83 Å². The summed E-state index contributed by atoms with van der Waals surface area (Å²) in [6, 6.07) is 61.3. The van der Waals surface area contributed by atoms with Gasteiger partial charge >= 0.3 is 0 Å². The van der Waals surface area contributed by atoms with E-state index in [2.05, 4.69) is 158 Å². The van der Waals surface area contributed by atoms with Crippen LogP contribution < -0.4 is 0 Å². The summed E-state index contributed by atoms with van der Waals surface area (Å²) in [5.41, 5.74) is 10.7. The molecule has 2 aromatic heterocycles. The molecule has 0 amide bonds. The summed E-state index contributed by atoms with van der Waals surface area (Å²) in [4.78, 5) is 0. The average Bonchev–Trinajstić information content (AvgIpc) is 3.78. The zero-order valence-corrected chi connectivity index (χ0v) is 28.0. The summed E-state index contributed by atoms with van der Waals surface area (Å²) in [5, 5.41) is 14.4. The number of fused-ring (bicyclic) bond motifs is 7. The van der Waals surface area contributed by atoms with Gasteiger partial charge in [0.05, 0.1) is 0 Å². The maximum Gasteiger partial charge on any atom is 0.143 e. The molecule has 52 heavy (non-hydrogen) atoms. The predicted molar refractivity (Wildman–Crippen MR) is 219 cm³/mol. The van der Waals surface area contributed by atoms with Gasteiger partial charge in [-0.25, -0.2) is 0 Å². The number of benzene rings is 10. The molecule has 2 heteroatoms. The van der Waals surface area contributed by atoms with E-state index in [-0.39, 0.29) is 0 Å². The molecular formula is C50H28O2. The topological polar surface area (TPSA) is 26.3 Å². The molecule has 0 saturated carbocycles. The zero-order valence-electron chi connectivity index (χ0n) is 28.0. The van der Waals surface area contributed by atoms with Crippen LogP contribution in [0.2, 0.25) is 0 Å². The first kappa shape index (κ1) is 27.9. The van der Waals surface area contributed by atoms with Crippen molar-refractivity contribution in [2.75, 3.05) is 0 Å². The second-order valence-corrected chi connectivity index (χ2v) is 13.9. The number of hydrogen-bond acceptors (Lipinski definition) is 2. The van der Waals surface area contributed by atoms with Crippen molar-refractivity contribution >= 4 is 87.0 Å². The van der Waals surface area contributed by atoms with Gasteiger partial charge in [-0.2, -0.15) is 0 Å². The Balaban J connectivity index is 1.22. The minimum atomic E-state index is 0.907. The van der Waals surface area contributed by atoms with E-state index in [1.54, 1.807) is 0 Å². The lowest BCUT2D eigenvalue weighted by Crippen LogP contribution is -1.93. The Morgan fingerprint density at radius 1 is 0.250 bits per heavy atom. The standard InChI is InChI=1S/C50H28O2/c1-2-12-31-29(10-1)11-7-15-32(31)33-24-25-39-44(43-19-9-18-42-36-14-4-6-21-46(36)52-50(42)43)28-30-22-23-34(37-26-27-38(33)48(39)47(30)37)40-16-8-17-41-35-13-3-5-20-45(35)51-49(40)41/h1-28H. The molecule has 10 aromatic carbocycles. The highest BCUT2D eigenvalue weighted by molar-refractivity contribution is 6.32. The third-order valence-electron chi connectivity index (χ3n) is 11.2. The van der Waals surface area contributed by atoms with Gasteiger partial charge in [0.15, 0.2) is 0 Å². The lowest BCUT2D eigenvalue weighted by molar-refractivity contribution is 0.669. The Labute approximate surface area is 298 Å². The Morgan fingerprint density at radius 2 is 0.712 bits per heavy atom. The van der Waals surface area contributed by atoms with E-state index in [4.69, 9.17) is 8.83 Å². The van der Waals surface area contributed by atoms with Crippen LogP contribution in [-0.4, -0.2) is 0 Å². The van der Waals surface area contributed by atoms with Crippen molar-refractivity contribution in [3.05, 3.63) is 170 Å². The monoisotopic (exact) mass is 660 g/mol. The quantitative estimate of drug-likeness (QED) is 0.176. The molecule has 0 bridgehead atoms. The van der Waals surface area contributed by atoms with Gasteiger partial charge in [0.25, 0.3) is 0 Å². The van der Waals surface area contributed by atoms with Crippen LogP contribution in [-0.2, 0) is 0 Å². The van der Waals surface area contributed by atoms with Gasteiger partial charge in [-0.05, 0) is 83.5 Å². The van der Waals surface area contributed by atoms with Gasteiger partial charge in [0, 0.05) is 32.7 Å². The fourth-order valence-corrected chi connectivity index (χ4v) is 8.97. The normalized spacial score (nSPS) is 12.2. The van der Waals surface area contributed by atoms with Crippen LogP contribution in [0.4, 0.5) is 0 Å². The summed E-state index contributed by atoms with van der Waals surface area (Å²) in [7, 11) is 0. The lowest BCUT2D eigenvalue weighted by Gasteiger charge is -2.20. The highest BCUT2D eigenvalue weighted by Gasteiger charge is 2.22. The average molecular weight is 661 g/mol. The number of para-hydroxylation sites is 4. The van der Waals surface area contributed by atoms with Crippen molar-refractivity contribution in [2.24, 2.45) is 0 Å². The minimum absolute atomic E-state index is 0.907. The molecule has 0 spiro atoms. The van der Waals surface area contributed by atoms with E-state index in [1.807, 2.05) is 12.1 Å². The Bertz CT molecular complexity index is 3410. The molecule has 0 saturated heterocycles. The van der Waals surface area contributed by atoms with Crippen LogP contribution in [0.3, 0.4) is 0 Å². The number of hydrogen-bond donors (Lipinski definition) is 0. The number of furan rings is 2. The summed E-state index contributed by atoms with van der Waals surface area (Å²) < 4.78 is 13.2. The molecule has 0 aliphatic heterocycles. The summed E-state index contributed by atoms with van der Waals surface area (Å²) in [6.45, 7) is 0. The zero-order chi connectivity index (χ0) is 33.9. The number of rotatable bonds is 3. The van der Waals surface area contributed by atoms with E-state index >= 15 is 0 Å². The molecule has 240 valence electrons. The first-order chi connectivity index (χ1) is 25.8. The molecular weight excluding hydrogens is 633 g/mol. The van der Waals surface area contributed by atoms with Crippen molar-refractivity contribution in [3.8, 4) is 33.4 Å². The highest BCUT2D eigenvalue weighted by Crippen LogP contribution is 2.49. The molecule has 0 N–H and O–H groups in total.